The number of guanidine groups is 2. The number of carboxylic acid groups (broad SMARTS) is 2. The molecule has 25 heteroatoms. The van der Waals surface area contributed by atoms with Gasteiger partial charge in [0.05, 0.1) is 6.42 Å². The second-order valence-electron chi connectivity index (χ2n) is 14.4. The summed E-state index contributed by atoms with van der Waals surface area (Å²) in [6.45, 7) is 4.74. The lowest BCUT2D eigenvalue weighted by atomic mass is 10.0. The van der Waals surface area contributed by atoms with Gasteiger partial charge in [-0.15, -0.1) is 0 Å². The van der Waals surface area contributed by atoms with Crippen LogP contribution in [0, 0.1) is 0 Å². The molecule has 25 nitrogen and oxygen atoms in total. The fourth-order valence-electron chi connectivity index (χ4n) is 6.26. The average Bonchev–Trinajstić information content (AvgIpc) is 3.68. The number of carbonyl (C=O) groups excluding carboxylic acids is 7. The molecule has 61 heavy (non-hydrogen) atoms. The first kappa shape index (κ1) is 52.7. The largest absolute Gasteiger partial charge is 0.481 e. The number of rotatable bonds is 28. The highest BCUT2D eigenvalue weighted by Crippen LogP contribution is 2.20. The molecule has 0 spiro atoms. The number of hydrogen-bond acceptors (Lipinski definition) is 12. The number of hydrogen-bond donors (Lipinski definition) is 13. The van der Waals surface area contributed by atoms with Crippen LogP contribution in [-0.2, 0) is 43.2 Å². The molecule has 7 atom stereocenters. The highest BCUT2D eigenvalue weighted by atomic mass is 16.4. The van der Waals surface area contributed by atoms with Crippen LogP contribution in [0.1, 0.15) is 91.4 Å². The monoisotopic (exact) mass is 868 g/mol. The number of nitrogens with two attached hydrogens (primary N) is 5. The SMILES string of the molecule is CCC(NC(=O)[C@H](CCCN=C(N)N)NC(C)=O)C(=O)N[C@@H](CC(=O)O)C(=O)N[C@@H](CCCCN)C(=O)N1CCC[C@H]1C(=O)N[C@@H](C)C(=O)N[C@@H](CCCN=C(N)N)C(=O)O. The first-order valence-corrected chi connectivity index (χ1v) is 20.1. The predicted octanol–water partition coefficient (Wildman–Crippen LogP) is -4.87. The van der Waals surface area contributed by atoms with E-state index in [2.05, 4.69) is 41.9 Å². The minimum atomic E-state index is -1.72. The van der Waals surface area contributed by atoms with Crippen LogP contribution in [0.5, 0.6) is 0 Å². The average molecular weight is 869 g/mol. The Bertz CT molecular complexity index is 1600. The normalized spacial score (nSPS) is 16.2. The van der Waals surface area contributed by atoms with E-state index in [1.54, 1.807) is 6.92 Å². The summed E-state index contributed by atoms with van der Waals surface area (Å²) in [4.78, 5) is 125. The van der Waals surface area contributed by atoms with Crippen LogP contribution in [-0.4, -0.2) is 149 Å². The Hall–Kier alpha value is -6.27. The molecule has 1 fully saturated rings. The van der Waals surface area contributed by atoms with Crippen molar-refractivity contribution in [3.8, 4) is 0 Å². The molecule has 0 aromatic carbocycles. The van der Waals surface area contributed by atoms with Gasteiger partial charge < -0.3 is 75.7 Å². The summed E-state index contributed by atoms with van der Waals surface area (Å²) in [5.41, 5.74) is 26.9. The molecule has 344 valence electrons. The Morgan fingerprint density at radius 3 is 1.70 bits per heavy atom. The zero-order valence-electron chi connectivity index (χ0n) is 34.9. The van der Waals surface area contributed by atoms with E-state index in [0.717, 1.165) is 0 Å². The van der Waals surface area contributed by atoms with Gasteiger partial charge in [0.15, 0.2) is 11.9 Å². The molecule has 0 saturated carbocycles. The molecule has 18 N–H and O–H groups in total. The van der Waals surface area contributed by atoms with Gasteiger partial charge in [-0.1, -0.05) is 6.92 Å². The number of nitrogens with one attached hydrogen (secondary N) is 6. The number of amides is 7. The summed E-state index contributed by atoms with van der Waals surface area (Å²) in [5, 5.41) is 34.0. The van der Waals surface area contributed by atoms with Crippen LogP contribution in [0.25, 0.3) is 0 Å². The molecule has 0 aromatic rings. The second kappa shape index (κ2) is 27.5. The highest BCUT2D eigenvalue weighted by molar-refractivity contribution is 5.98. The number of carbonyl (C=O) groups is 9. The maximum atomic E-state index is 14.0. The lowest BCUT2D eigenvalue weighted by Crippen LogP contribution is -2.59. The third-order valence-corrected chi connectivity index (χ3v) is 9.40. The molecule has 0 radical (unpaired) electrons. The van der Waals surface area contributed by atoms with Gasteiger partial charge in [-0.25, -0.2) is 4.79 Å². The van der Waals surface area contributed by atoms with Crippen molar-refractivity contribution in [2.24, 2.45) is 38.7 Å². The molecule has 7 amide bonds. The smallest absolute Gasteiger partial charge is 0.326 e. The predicted molar refractivity (Wildman–Crippen MR) is 221 cm³/mol. The maximum Gasteiger partial charge on any atom is 0.326 e. The van der Waals surface area contributed by atoms with E-state index in [-0.39, 0.29) is 76.6 Å². The van der Waals surface area contributed by atoms with Gasteiger partial charge in [0.2, 0.25) is 41.4 Å². The Labute approximate surface area is 353 Å². The lowest BCUT2D eigenvalue weighted by molar-refractivity contribution is -0.144. The topological polar surface area (TPSA) is 424 Å². The number of aliphatic carboxylic acids is 2. The van der Waals surface area contributed by atoms with E-state index < -0.39 is 102 Å². The van der Waals surface area contributed by atoms with Crippen LogP contribution in [0.2, 0.25) is 0 Å². The minimum Gasteiger partial charge on any atom is -0.481 e. The molecule has 1 saturated heterocycles. The third kappa shape index (κ3) is 20.0. The Balaban J connectivity index is 3.15. The molecule has 0 aliphatic carbocycles. The Morgan fingerprint density at radius 2 is 1.18 bits per heavy atom. The first-order valence-electron chi connectivity index (χ1n) is 20.1. The maximum absolute atomic E-state index is 14.0. The van der Waals surface area contributed by atoms with E-state index in [4.69, 9.17) is 28.7 Å². The van der Waals surface area contributed by atoms with Gasteiger partial charge >= 0.3 is 11.9 Å². The molecular weight excluding hydrogens is 804 g/mol. The molecule has 1 aliphatic rings. The van der Waals surface area contributed by atoms with Crippen molar-refractivity contribution in [2.75, 3.05) is 26.2 Å². The van der Waals surface area contributed by atoms with E-state index >= 15 is 0 Å². The summed E-state index contributed by atoms with van der Waals surface area (Å²) in [6.07, 6.45) is 1.12. The van der Waals surface area contributed by atoms with Gasteiger partial charge in [-0.3, -0.25) is 48.3 Å². The van der Waals surface area contributed by atoms with Crippen molar-refractivity contribution >= 4 is 65.2 Å². The summed E-state index contributed by atoms with van der Waals surface area (Å²) in [7, 11) is 0. The van der Waals surface area contributed by atoms with Crippen LogP contribution < -0.4 is 60.6 Å². The van der Waals surface area contributed by atoms with E-state index in [1.807, 2.05) is 0 Å². The van der Waals surface area contributed by atoms with E-state index in [0.29, 0.717) is 25.7 Å². The van der Waals surface area contributed by atoms with Crippen molar-refractivity contribution in [1.29, 1.82) is 0 Å². The summed E-state index contributed by atoms with van der Waals surface area (Å²) >= 11 is 0. The quantitative estimate of drug-likeness (QED) is 0.0199. The minimum absolute atomic E-state index is 0.000494. The molecule has 0 aromatic heterocycles. The van der Waals surface area contributed by atoms with Crippen molar-refractivity contribution < 1.29 is 53.4 Å². The van der Waals surface area contributed by atoms with Crippen LogP contribution in [0.3, 0.4) is 0 Å². The highest BCUT2D eigenvalue weighted by Gasteiger charge is 2.39. The third-order valence-electron chi connectivity index (χ3n) is 9.40. The second-order valence-corrected chi connectivity index (χ2v) is 14.4. The summed E-state index contributed by atoms with van der Waals surface area (Å²) in [5.74, 6) is -8.50. The van der Waals surface area contributed by atoms with Crippen LogP contribution in [0.15, 0.2) is 9.98 Å². The fraction of sp³-hybridized carbons (Fsp3) is 0.694. The first-order chi connectivity index (χ1) is 28.7. The Morgan fingerprint density at radius 1 is 0.672 bits per heavy atom. The Kier molecular flexibility index (Phi) is 23.8. The molecular formula is C36H64N14O11. The lowest BCUT2D eigenvalue weighted by Gasteiger charge is -2.30. The van der Waals surface area contributed by atoms with Crippen molar-refractivity contribution in [1.82, 2.24) is 36.8 Å². The van der Waals surface area contributed by atoms with Crippen molar-refractivity contribution in [3.63, 3.8) is 0 Å². The van der Waals surface area contributed by atoms with Gasteiger partial charge in [-0.05, 0) is 77.7 Å². The molecule has 1 rings (SSSR count). The van der Waals surface area contributed by atoms with Gasteiger partial charge in [-0.2, -0.15) is 0 Å². The number of aliphatic imine (C=N–C) groups is 2. The van der Waals surface area contributed by atoms with Crippen molar-refractivity contribution in [2.45, 2.75) is 134 Å². The van der Waals surface area contributed by atoms with Crippen LogP contribution >= 0.6 is 0 Å². The number of likely N-dealkylation sites (tertiary alicyclic amines) is 1. The number of nitrogens with zero attached hydrogens (tertiary/aromatic N) is 3. The van der Waals surface area contributed by atoms with Gasteiger partial charge in [0.25, 0.3) is 0 Å². The zero-order valence-corrected chi connectivity index (χ0v) is 34.9. The fourth-order valence-corrected chi connectivity index (χ4v) is 6.26. The molecule has 1 aliphatic heterocycles. The number of unbranched alkanes of at least 4 members (excludes halogenated alkanes) is 1. The molecule has 1 heterocycles. The van der Waals surface area contributed by atoms with Gasteiger partial charge in [0.1, 0.15) is 42.3 Å². The molecule has 1 unspecified atom stereocenters. The summed E-state index contributed by atoms with van der Waals surface area (Å²) < 4.78 is 0. The van der Waals surface area contributed by atoms with E-state index in [9.17, 15) is 53.4 Å². The zero-order chi connectivity index (χ0) is 46.2. The summed E-state index contributed by atoms with van der Waals surface area (Å²) in [6, 6.07) is -8.96. The number of carboxylic acids is 2. The van der Waals surface area contributed by atoms with Crippen LogP contribution in [0.4, 0.5) is 0 Å². The molecule has 0 bridgehead atoms. The van der Waals surface area contributed by atoms with Crippen molar-refractivity contribution in [3.05, 3.63) is 0 Å². The van der Waals surface area contributed by atoms with E-state index in [1.165, 1.54) is 18.7 Å². The standard InChI is InChI=1S/C36H64N14O11/c1-4-21(46-30(56)22(45-20(3)51)11-7-15-42-35(38)39)29(55)49-25(18-27(52)53)31(57)47-23(10-5-6-14-37)33(59)50-17-9-13-26(50)32(58)44-19(2)28(54)48-24(34(60)61)12-8-16-43-36(40)41/h19,21-26H,4-18,37H2,1-3H3,(H,44,58)(H,45,51)(H,46,56)(H,47,57)(H,48,54)(H,49,55)(H,52,53)(H,60,61)(H4,38,39,42)(H4,40,41,43)/t19-,21?,22-,23-,24-,25-,26-/m0/s1. The van der Waals surface area contributed by atoms with Gasteiger partial charge in [0, 0.05) is 26.6 Å².